The lowest BCUT2D eigenvalue weighted by Gasteiger charge is -2.17. The summed E-state index contributed by atoms with van der Waals surface area (Å²) in [5.74, 6) is 0.398. The lowest BCUT2D eigenvalue weighted by Crippen LogP contribution is -2.40. The van der Waals surface area contributed by atoms with E-state index in [0.29, 0.717) is 25.6 Å². The molecule has 4 heteroatoms. The Morgan fingerprint density at radius 2 is 2.25 bits per heavy atom. The number of carbonyl (C=O) groups is 1. The van der Waals surface area contributed by atoms with E-state index in [9.17, 15) is 4.79 Å². The maximum atomic E-state index is 11.9. The van der Waals surface area contributed by atoms with Crippen LogP contribution in [0.2, 0.25) is 0 Å². The second-order valence-electron chi connectivity index (χ2n) is 5.32. The molecule has 2 fully saturated rings. The number of methoxy groups -OCH3 is 1. The van der Waals surface area contributed by atoms with Crippen molar-refractivity contribution in [2.24, 2.45) is 11.8 Å². The molecule has 2 aliphatic heterocycles. The van der Waals surface area contributed by atoms with Crippen LogP contribution in [-0.4, -0.2) is 37.5 Å². The molecule has 4 nitrogen and oxygen atoms in total. The number of ether oxygens (including phenoxy) is 3. The van der Waals surface area contributed by atoms with E-state index in [2.05, 4.69) is 20.8 Å². The SMILES string of the molecule is COC(=O)C1(CC(C)C)OC12COCC2C. The van der Waals surface area contributed by atoms with Crippen molar-refractivity contribution in [2.45, 2.75) is 38.4 Å². The van der Waals surface area contributed by atoms with E-state index in [1.165, 1.54) is 7.11 Å². The molecule has 0 aromatic rings. The summed E-state index contributed by atoms with van der Waals surface area (Å²) in [4.78, 5) is 11.9. The average molecular weight is 228 g/mol. The van der Waals surface area contributed by atoms with Crippen molar-refractivity contribution in [3.63, 3.8) is 0 Å². The van der Waals surface area contributed by atoms with Gasteiger partial charge in [0.05, 0.1) is 20.3 Å². The second-order valence-corrected chi connectivity index (χ2v) is 5.32. The molecule has 3 atom stereocenters. The zero-order chi connectivity index (χ0) is 12.0. The predicted octanol–water partition coefficient (Wildman–Crippen LogP) is 1.38. The maximum absolute atomic E-state index is 11.9. The topological polar surface area (TPSA) is 48.1 Å². The highest BCUT2D eigenvalue weighted by Gasteiger charge is 2.78. The van der Waals surface area contributed by atoms with Gasteiger partial charge in [0.1, 0.15) is 5.60 Å². The van der Waals surface area contributed by atoms with Crippen molar-refractivity contribution in [1.29, 1.82) is 0 Å². The molecule has 1 spiro atoms. The van der Waals surface area contributed by atoms with Crippen LogP contribution in [0.3, 0.4) is 0 Å². The van der Waals surface area contributed by atoms with Gasteiger partial charge in [0.25, 0.3) is 0 Å². The number of epoxide rings is 1. The van der Waals surface area contributed by atoms with E-state index in [0.717, 1.165) is 0 Å². The summed E-state index contributed by atoms with van der Waals surface area (Å²) < 4.78 is 16.2. The van der Waals surface area contributed by atoms with Gasteiger partial charge in [-0.05, 0) is 12.3 Å². The molecule has 0 amide bonds. The fourth-order valence-corrected chi connectivity index (χ4v) is 2.85. The van der Waals surface area contributed by atoms with E-state index in [-0.39, 0.29) is 11.9 Å². The van der Waals surface area contributed by atoms with Gasteiger partial charge in [-0.15, -0.1) is 0 Å². The summed E-state index contributed by atoms with van der Waals surface area (Å²) in [5.41, 5.74) is -1.18. The third kappa shape index (κ3) is 1.39. The fourth-order valence-electron chi connectivity index (χ4n) is 2.85. The highest BCUT2D eigenvalue weighted by Crippen LogP contribution is 2.59. The second kappa shape index (κ2) is 3.70. The minimum atomic E-state index is -0.758. The summed E-state index contributed by atoms with van der Waals surface area (Å²) in [5, 5.41) is 0. The summed E-state index contributed by atoms with van der Waals surface area (Å²) >= 11 is 0. The molecular formula is C12H20O4. The monoisotopic (exact) mass is 228 g/mol. The lowest BCUT2D eigenvalue weighted by atomic mass is 9.80. The minimum absolute atomic E-state index is 0.251. The van der Waals surface area contributed by atoms with Gasteiger partial charge in [-0.1, -0.05) is 20.8 Å². The zero-order valence-corrected chi connectivity index (χ0v) is 10.4. The molecule has 92 valence electrons. The molecule has 0 aliphatic carbocycles. The third-order valence-corrected chi connectivity index (χ3v) is 3.69. The highest BCUT2D eigenvalue weighted by molar-refractivity contribution is 5.85. The van der Waals surface area contributed by atoms with Crippen LogP contribution in [0.25, 0.3) is 0 Å². The molecule has 16 heavy (non-hydrogen) atoms. The van der Waals surface area contributed by atoms with Crippen LogP contribution in [0, 0.1) is 11.8 Å². The van der Waals surface area contributed by atoms with Gasteiger partial charge in [-0.25, -0.2) is 4.79 Å². The van der Waals surface area contributed by atoms with Gasteiger partial charge in [0.2, 0.25) is 0 Å². The van der Waals surface area contributed by atoms with Crippen LogP contribution in [-0.2, 0) is 19.0 Å². The molecule has 0 saturated carbocycles. The number of rotatable bonds is 3. The minimum Gasteiger partial charge on any atom is -0.467 e. The van der Waals surface area contributed by atoms with Crippen molar-refractivity contribution in [2.75, 3.05) is 20.3 Å². The Balaban J connectivity index is 2.23. The van der Waals surface area contributed by atoms with Crippen molar-refractivity contribution < 1.29 is 19.0 Å². The first-order chi connectivity index (χ1) is 7.48. The molecule has 0 aromatic carbocycles. The molecule has 3 unspecified atom stereocenters. The molecule has 0 radical (unpaired) electrons. The zero-order valence-electron chi connectivity index (χ0n) is 10.4. The highest BCUT2D eigenvalue weighted by atomic mass is 16.7. The maximum Gasteiger partial charge on any atom is 0.341 e. The van der Waals surface area contributed by atoms with Crippen molar-refractivity contribution in [3.05, 3.63) is 0 Å². The Morgan fingerprint density at radius 1 is 1.56 bits per heavy atom. The average Bonchev–Trinajstić information content (AvgIpc) is 2.71. The van der Waals surface area contributed by atoms with Crippen LogP contribution >= 0.6 is 0 Å². The van der Waals surface area contributed by atoms with Crippen molar-refractivity contribution >= 4 is 5.97 Å². The van der Waals surface area contributed by atoms with Crippen LogP contribution in [0.1, 0.15) is 27.2 Å². The molecule has 0 bridgehead atoms. The smallest absolute Gasteiger partial charge is 0.341 e. The van der Waals surface area contributed by atoms with E-state index >= 15 is 0 Å². The van der Waals surface area contributed by atoms with Crippen LogP contribution in [0.4, 0.5) is 0 Å². The van der Waals surface area contributed by atoms with Crippen LogP contribution in [0.15, 0.2) is 0 Å². The normalized spacial score (nSPS) is 41.7. The van der Waals surface area contributed by atoms with Crippen LogP contribution < -0.4 is 0 Å². The first kappa shape index (κ1) is 11.9. The Labute approximate surface area is 96.2 Å². The number of hydrogen-bond acceptors (Lipinski definition) is 4. The van der Waals surface area contributed by atoms with Gasteiger partial charge >= 0.3 is 5.97 Å². The number of esters is 1. The van der Waals surface area contributed by atoms with Gasteiger partial charge < -0.3 is 14.2 Å². The van der Waals surface area contributed by atoms with Crippen molar-refractivity contribution in [3.8, 4) is 0 Å². The Bertz CT molecular complexity index is 301. The molecule has 0 N–H and O–H groups in total. The van der Waals surface area contributed by atoms with Gasteiger partial charge in [-0.2, -0.15) is 0 Å². The number of carbonyl (C=O) groups excluding carboxylic acids is 1. The Kier molecular flexibility index (Phi) is 2.75. The van der Waals surface area contributed by atoms with Gasteiger partial charge in [-0.3, -0.25) is 0 Å². The van der Waals surface area contributed by atoms with E-state index in [1.807, 2.05) is 0 Å². The van der Waals surface area contributed by atoms with E-state index in [4.69, 9.17) is 14.2 Å². The first-order valence-corrected chi connectivity index (χ1v) is 5.85. The molecule has 2 rings (SSSR count). The third-order valence-electron chi connectivity index (χ3n) is 3.69. The molecule has 0 aromatic heterocycles. The van der Waals surface area contributed by atoms with E-state index < -0.39 is 11.2 Å². The summed E-state index contributed by atoms with van der Waals surface area (Å²) in [7, 11) is 1.42. The molecular weight excluding hydrogens is 208 g/mol. The Morgan fingerprint density at radius 3 is 2.69 bits per heavy atom. The first-order valence-electron chi connectivity index (χ1n) is 5.85. The Hall–Kier alpha value is -0.610. The summed E-state index contributed by atoms with van der Waals surface area (Å²) in [6.07, 6.45) is 0.702. The van der Waals surface area contributed by atoms with E-state index in [1.54, 1.807) is 0 Å². The molecule has 2 aliphatic rings. The lowest BCUT2D eigenvalue weighted by molar-refractivity contribution is -0.147. The number of hydrogen-bond donors (Lipinski definition) is 0. The molecule has 2 heterocycles. The fraction of sp³-hybridized carbons (Fsp3) is 0.917. The largest absolute Gasteiger partial charge is 0.467 e. The van der Waals surface area contributed by atoms with Crippen LogP contribution in [0.5, 0.6) is 0 Å². The molecule has 2 saturated heterocycles. The van der Waals surface area contributed by atoms with Crippen molar-refractivity contribution in [1.82, 2.24) is 0 Å². The summed E-state index contributed by atoms with van der Waals surface area (Å²) in [6, 6.07) is 0. The standard InChI is InChI=1S/C12H20O4/c1-8(2)5-11(10(13)14-4)12(16-11)7-15-6-9(12)3/h8-9H,5-7H2,1-4H3. The predicted molar refractivity (Wildman–Crippen MR) is 58.0 cm³/mol. The van der Waals surface area contributed by atoms with Gasteiger partial charge in [0, 0.05) is 5.92 Å². The quantitative estimate of drug-likeness (QED) is 0.541. The summed E-state index contributed by atoms with van der Waals surface area (Å²) in [6.45, 7) is 7.41. The van der Waals surface area contributed by atoms with Gasteiger partial charge in [0.15, 0.2) is 5.60 Å².